The van der Waals surface area contributed by atoms with Crippen LogP contribution in [0.3, 0.4) is 0 Å². The van der Waals surface area contributed by atoms with Gasteiger partial charge in [0.05, 0.1) is 6.61 Å². The number of hydrogen-bond donors (Lipinski definition) is 2. The fourth-order valence-corrected chi connectivity index (χ4v) is 1.73. The smallest absolute Gasteiger partial charge is 0.226 e. The Morgan fingerprint density at radius 2 is 2.10 bits per heavy atom. The Hall–Kier alpha value is -2.21. The van der Waals surface area contributed by atoms with E-state index >= 15 is 0 Å². The number of benzene rings is 1. The van der Waals surface area contributed by atoms with Gasteiger partial charge in [0.2, 0.25) is 11.9 Å². The number of hydrogen-bond acceptors (Lipinski definition) is 4. The lowest BCUT2D eigenvalue weighted by Crippen LogP contribution is -2.13. The van der Waals surface area contributed by atoms with E-state index in [2.05, 4.69) is 32.6 Å². The Morgan fingerprint density at radius 3 is 2.85 bits per heavy atom. The van der Waals surface area contributed by atoms with Crippen molar-refractivity contribution >= 4 is 11.9 Å². The van der Waals surface area contributed by atoms with Crippen LogP contribution < -0.4 is 5.32 Å². The first kappa shape index (κ1) is 14.2. The molecular weight excluding hydrogens is 256 g/mol. The van der Waals surface area contributed by atoms with Crippen molar-refractivity contribution in [1.82, 2.24) is 15.2 Å². The Kier molecular flexibility index (Phi) is 5.72. The lowest BCUT2D eigenvalue weighted by atomic mass is 10.2. The predicted molar refractivity (Wildman–Crippen MR) is 75.2 cm³/mol. The van der Waals surface area contributed by atoms with Crippen LogP contribution in [-0.2, 0) is 16.0 Å². The van der Waals surface area contributed by atoms with E-state index in [4.69, 9.17) is 4.74 Å². The molecule has 1 amide bonds. The second-order valence-electron chi connectivity index (χ2n) is 4.33. The number of rotatable bonds is 8. The molecular formula is C14H18N4O2. The lowest BCUT2D eigenvalue weighted by Gasteiger charge is -2.04. The standard InChI is InChI=1S/C14H18N4O2/c19-13(17-14-15-11-16-18-14)7-4-9-20-10-8-12-5-2-1-3-6-12/h1-3,5-6,11H,4,7-10H2,(H2,15,16,17,18,19). The Balaban J connectivity index is 1.50. The lowest BCUT2D eigenvalue weighted by molar-refractivity contribution is -0.116. The van der Waals surface area contributed by atoms with Crippen LogP contribution in [0, 0.1) is 0 Å². The summed E-state index contributed by atoms with van der Waals surface area (Å²) in [5.41, 5.74) is 1.26. The molecule has 0 fully saturated rings. The second-order valence-corrected chi connectivity index (χ2v) is 4.33. The van der Waals surface area contributed by atoms with Gasteiger partial charge < -0.3 is 4.74 Å². The van der Waals surface area contributed by atoms with Gasteiger partial charge in [-0.25, -0.2) is 5.10 Å². The van der Waals surface area contributed by atoms with Crippen molar-refractivity contribution in [3.63, 3.8) is 0 Å². The molecule has 0 bridgehead atoms. The zero-order chi connectivity index (χ0) is 14.0. The molecule has 20 heavy (non-hydrogen) atoms. The second kappa shape index (κ2) is 8.06. The molecule has 2 N–H and O–H groups in total. The highest BCUT2D eigenvalue weighted by molar-refractivity contribution is 5.88. The Bertz CT molecular complexity index is 499. The van der Waals surface area contributed by atoms with Gasteiger partial charge in [-0.2, -0.15) is 10.1 Å². The third-order valence-electron chi connectivity index (χ3n) is 2.74. The number of amides is 1. The fraction of sp³-hybridized carbons (Fsp3) is 0.357. The first-order chi connectivity index (χ1) is 9.84. The van der Waals surface area contributed by atoms with Gasteiger partial charge in [0.15, 0.2) is 0 Å². The van der Waals surface area contributed by atoms with Gasteiger partial charge in [0, 0.05) is 13.0 Å². The molecule has 6 nitrogen and oxygen atoms in total. The molecule has 0 aliphatic rings. The van der Waals surface area contributed by atoms with Gasteiger partial charge in [-0.3, -0.25) is 10.1 Å². The van der Waals surface area contributed by atoms with Crippen LogP contribution in [0.15, 0.2) is 36.7 Å². The number of carbonyl (C=O) groups excluding carboxylic acids is 1. The summed E-state index contributed by atoms with van der Waals surface area (Å²) in [5, 5.41) is 8.84. The van der Waals surface area contributed by atoms with Crippen molar-refractivity contribution in [2.75, 3.05) is 18.5 Å². The first-order valence-corrected chi connectivity index (χ1v) is 6.61. The minimum atomic E-state index is -0.0894. The quantitative estimate of drug-likeness (QED) is 0.719. The number of aromatic nitrogens is 3. The Morgan fingerprint density at radius 1 is 1.25 bits per heavy atom. The third kappa shape index (κ3) is 5.19. The van der Waals surface area contributed by atoms with Crippen LogP contribution >= 0.6 is 0 Å². The first-order valence-electron chi connectivity index (χ1n) is 6.61. The van der Waals surface area contributed by atoms with Gasteiger partial charge in [-0.05, 0) is 18.4 Å². The summed E-state index contributed by atoms with van der Waals surface area (Å²) in [4.78, 5) is 15.3. The number of ether oxygens (including phenoxy) is 1. The van der Waals surface area contributed by atoms with E-state index in [0.29, 0.717) is 32.0 Å². The van der Waals surface area contributed by atoms with Crippen LogP contribution in [-0.4, -0.2) is 34.3 Å². The molecule has 0 unspecified atom stereocenters. The van der Waals surface area contributed by atoms with Crippen LogP contribution in [0.25, 0.3) is 0 Å². The number of nitrogens with one attached hydrogen (secondary N) is 2. The number of carbonyl (C=O) groups is 1. The highest BCUT2D eigenvalue weighted by Crippen LogP contribution is 2.01. The molecule has 106 valence electrons. The zero-order valence-corrected chi connectivity index (χ0v) is 11.2. The van der Waals surface area contributed by atoms with Gasteiger partial charge in [0.1, 0.15) is 6.33 Å². The maximum Gasteiger partial charge on any atom is 0.226 e. The molecule has 1 heterocycles. The van der Waals surface area contributed by atoms with E-state index in [0.717, 1.165) is 6.42 Å². The maximum atomic E-state index is 11.5. The summed E-state index contributed by atoms with van der Waals surface area (Å²) in [6, 6.07) is 10.2. The SMILES string of the molecule is O=C(CCCOCCc1ccccc1)Nc1ncn[nH]1. The normalized spacial score (nSPS) is 10.4. The van der Waals surface area contributed by atoms with Crippen molar-refractivity contribution in [2.24, 2.45) is 0 Å². The summed E-state index contributed by atoms with van der Waals surface area (Å²) in [7, 11) is 0. The third-order valence-corrected chi connectivity index (χ3v) is 2.74. The average Bonchev–Trinajstić information content (AvgIpc) is 2.96. The molecule has 6 heteroatoms. The molecule has 0 saturated heterocycles. The van der Waals surface area contributed by atoms with E-state index in [-0.39, 0.29) is 5.91 Å². The summed E-state index contributed by atoms with van der Waals surface area (Å²) in [5.74, 6) is 0.286. The van der Waals surface area contributed by atoms with E-state index in [1.807, 2.05) is 18.2 Å². The largest absolute Gasteiger partial charge is 0.381 e. The summed E-state index contributed by atoms with van der Waals surface area (Å²) in [6.45, 7) is 1.25. The molecule has 0 aliphatic carbocycles. The van der Waals surface area contributed by atoms with Crippen LogP contribution in [0.2, 0.25) is 0 Å². The molecule has 2 rings (SSSR count). The summed E-state index contributed by atoms with van der Waals surface area (Å²) < 4.78 is 5.51. The van der Waals surface area contributed by atoms with E-state index in [9.17, 15) is 4.79 Å². The fourth-order valence-electron chi connectivity index (χ4n) is 1.73. The maximum absolute atomic E-state index is 11.5. The van der Waals surface area contributed by atoms with E-state index in [1.165, 1.54) is 11.9 Å². The highest BCUT2D eigenvalue weighted by Gasteiger charge is 2.03. The van der Waals surface area contributed by atoms with Crippen molar-refractivity contribution in [3.8, 4) is 0 Å². The summed E-state index contributed by atoms with van der Waals surface area (Å²) in [6.07, 6.45) is 3.34. The average molecular weight is 274 g/mol. The van der Waals surface area contributed by atoms with Crippen LogP contribution in [0.1, 0.15) is 18.4 Å². The number of nitrogens with zero attached hydrogens (tertiary/aromatic N) is 2. The van der Waals surface area contributed by atoms with Crippen LogP contribution in [0.4, 0.5) is 5.95 Å². The van der Waals surface area contributed by atoms with E-state index in [1.54, 1.807) is 0 Å². The van der Waals surface area contributed by atoms with Crippen molar-refractivity contribution in [1.29, 1.82) is 0 Å². The Labute approximate surface area is 117 Å². The number of aromatic amines is 1. The molecule has 0 aliphatic heterocycles. The molecule has 0 spiro atoms. The van der Waals surface area contributed by atoms with Gasteiger partial charge in [0.25, 0.3) is 0 Å². The van der Waals surface area contributed by atoms with Crippen molar-refractivity contribution in [2.45, 2.75) is 19.3 Å². The van der Waals surface area contributed by atoms with E-state index < -0.39 is 0 Å². The highest BCUT2D eigenvalue weighted by atomic mass is 16.5. The van der Waals surface area contributed by atoms with Gasteiger partial charge in [-0.15, -0.1) is 0 Å². The molecule has 0 atom stereocenters. The number of H-pyrrole nitrogens is 1. The predicted octanol–water partition coefficient (Wildman–Crippen LogP) is 1.78. The topological polar surface area (TPSA) is 79.9 Å². The molecule has 0 radical (unpaired) electrons. The van der Waals surface area contributed by atoms with Crippen molar-refractivity contribution in [3.05, 3.63) is 42.2 Å². The molecule has 1 aromatic heterocycles. The van der Waals surface area contributed by atoms with Gasteiger partial charge in [-0.1, -0.05) is 30.3 Å². The number of anilines is 1. The van der Waals surface area contributed by atoms with Crippen LogP contribution in [0.5, 0.6) is 0 Å². The van der Waals surface area contributed by atoms with Gasteiger partial charge >= 0.3 is 0 Å². The summed E-state index contributed by atoms with van der Waals surface area (Å²) >= 11 is 0. The monoisotopic (exact) mass is 274 g/mol. The molecule has 0 saturated carbocycles. The minimum Gasteiger partial charge on any atom is -0.381 e. The zero-order valence-electron chi connectivity index (χ0n) is 11.2. The minimum absolute atomic E-state index is 0.0894. The molecule has 1 aromatic carbocycles. The molecule has 2 aromatic rings. The van der Waals surface area contributed by atoms with Crippen molar-refractivity contribution < 1.29 is 9.53 Å².